The lowest BCUT2D eigenvalue weighted by molar-refractivity contribution is -0.122. The van der Waals surface area contributed by atoms with E-state index in [1.54, 1.807) is 13.8 Å². The lowest BCUT2D eigenvalue weighted by Crippen LogP contribution is -2.52. The van der Waals surface area contributed by atoms with E-state index in [1.807, 2.05) is 0 Å². The fraction of sp³-hybridized carbons (Fsp3) is 0.429. The molecule has 7 nitrogen and oxygen atoms in total. The van der Waals surface area contributed by atoms with E-state index in [1.165, 1.54) is 25.6 Å². The van der Waals surface area contributed by atoms with Crippen molar-refractivity contribution in [1.29, 1.82) is 0 Å². The Morgan fingerprint density at radius 2 is 2.22 bits per heavy atom. The van der Waals surface area contributed by atoms with Gasteiger partial charge in [0.15, 0.2) is 5.78 Å². The van der Waals surface area contributed by atoms with Gasteiger partial charge in [0.25, 0.3) is 5.91 Å². The van der Waals surface area contributed by atoms with Crippen molar-refractivity contribution in [3.8, 4) is 0 Å². The van der Waals surface area contributed by atoms with E-state index in [4.69, 9.17) is 17.3 Å². The molecule has 1 aromatic rings. The summed E-state index contributed by atoms with van der Waals surface area (Å²) in [5.41, 5.74) is 5.68. The number of oxime groups is 1. The van der Waals surface area contributed by atoms with E-state index < -0.39 is 11.4 Å². The Hall–Kier alpha value is -1.86. The molecule has 1 unspecified atom stereocenters. The van der Waals surface area contributed by atoms with Gasteiger partial charge < -0.3 is 15.9 Å². The molecule has 1 atom stereocenters. The van der Waals surface area contributed by atoms with Crippen molar-refractivity contribution in [3.05, 3.63) is 23.5 Å². The first-order valence-electron chi connectivity index (χ1n) is 6.61. The molecular formula is C14H20Cl2N4O3. The van der Waals surface area contributed by atoms with Crippen LogP contribution in [0.15, 0.2) is 17.4 Å². The molecule has 1 amide bonds. The average molecular weight is 363 g/mol. The summed E-state index contributed by atoms with van der Waals surface area (Å²) >= 11 is 5.58. The maximum atomic E-state index is 12.3. The first kappa shape index (κ1) is 21.1. The van der Waals surface area contributed by atoms with E-state index in [2.05, 4.69) is 20.3 Å². The van der Waals surface area contributed by atoms with E-state index in [9.17, 15) is 9.59 Å². The zero-order valence-corrected chi connectivity index (χ0v) is 14.7. The zero-order chi connectivity index (χ0) is 16.8. The Morgan fingerprint density at radius 1 is 1.57 bits per heavy atom. The molecule has 9 heteroatoms. The van der Waals surface area contributed by atoms with Gasteiger partial charge in [-0.3, -0.25) is 14.6 Å². The van der Waals surface area contributed by atoms with Crippen LogP contribution in [0.25, 0.3) is 0 Å². The van der Waals surface area contributed by atoms with E-state index >= 15 is 0 Å². The van der Waals surface area contributed by atoms with E-state index in [0.717, 1.165) is 0 Å². The molecule has 0 aliphatic heterocycles. The molecule has 0 aliphatic rings. The molecule has 1 rings (SSSR count). The smallest absolute Gasteiger partial charge is 0.253 e. The molecule has 128 valence electrons. The van der Waals surface area contributed by atoms with Crippen LogP contribution in [-0.2, 0) is 9.63 Å². The maximum Gasteiger partial charge on any atom is 0.253 e. The quantitative estimate of drug-likeness (QED) is 0.436. The van der Waals surface area contributed by atoms with Gasteiger partial charge in [0.2, 0.25) is 0 Å². The molecule has 3 N–H and O–H groups in total. The molecule has 0 radical (unpaired) electrons. The number of halogens is 2. The zero-order valence-electron chi connectivity index (χ0n) is 13.1. The number of carbonyl (C=O) groups excluding carboxylic acids is 2. The number of Topliss-reactive ketones (excluding diaryl/α,β-unsaturated/α-hetero) is 1. The molecule has 1 heterocycles. The first-order chi connectivity index (χ1) is 10.4. The molecule has 1 aromatic heterocycles. The van der Waals surface area contributed by atoms with Crippen LogP contribution in [0.2, 0.25) is 0 Å². The summed E-state index contributed by atoms with van der Waals surface area (Å²) in [4.78, 5) is 32.7. The van der Waals surface area contributed by atoms with Crippen molar-refractivity contribution in [2.45, 2.75) is 25.8 Å². The van der Waals surface area contributed by atoms with Crippen LogP contribution < -0.4 is 11.1 Å². The standard InChI is InChI=1S/C14H19ClN4O3.ClH/c1-4-14(2,12(20)6-15)19-13(21)9-5-10(16)11(17-7-9)8-18-22-3;/h5,7-8H,4,6,16H2,1-3H3,(H,19,21);1H. The number of hydrogen-bond acceptors (Lipinski definition) is 6. The SMILES string of the molecule is CCC(C)(NC(=O)c1cnc(C=NOC)c(N)c1)C(=O)CCl.Cl. The van der Waals surface area contributed by atoms with Gasteiger partial charge in [-0.2, -0.15) is 0 Å². The van der Waals surface area contributed by atoms with E-state index in [0.29, 0.717) is 12.1 Å². The number of nitrogens with zero attached hydrogens (tertiary/aromatic N) is 2. The van der Waals surface area contributed by atoms with Crippen molar-refractivity contribution in [1.82, 2.24) is 10.3 Å². The number of alkyl halides is 1. The number of nitrogens with two attached hydrogens (primary N) is 1. The molecule has 23 heavy (non-hydrogen) atoms. The Bertz CT molecular complexity index is 595. The second-order valence-corrected chi connectivity index (χ2v) is 5.08. The van der Waals surface area contributed by atoms with Crippen molar-refractivity contribution >= 4 is 47.6 Å². The third-order valence-corrected chi connectivity index (χ3v) is 3.57. The highest BCUT2D eigenvalue weighted by Gasteiger charge is 2.32. The lowest BCUT2D eigenvalue weighted by Gasteiger charge is -2.27. The topological polar surface area (TPSA) is 107 Å². The van der Waals surface area contributed by atoms with Crippen LogP contribution in [0, 0.1) is 0 Å². The highest BCUT2D eigenvalue weighted by molar-refractivity contribution is 6.29. The minimum absolute atomic E-state index is 0. The van der Waals surface area contributed by atoms with Gasteiger partial charge in [-0.25, -0.2) is 0 Å². The lowest BCUT2D eigenvalue weighted by atomic mass is 9.93. The number of hydrogen-bond donors (Lipinski definition) is 2. The van der Waals surface area contributed by atoms with Gasteiger partial charge in [-0.1, -0.05) is 12.1 Å². The highest BCUT2D eigenvalue weighted by Crippen LogP contribution is 2.15. The average Bonchev–Trinajstić information content (AvgIpc) is 2.52. The van der Waals surface area contributed by atoms with Crippen LogP contribution in [0.4, 0.5) is 5.69 Å². The molecule has 0 fully saturated rings. The number of rotatable bonds is 7. The molecule has 0 saturated carbocycles. The Kier molecular flexibility index (Phi) is 8.56. The van der Waals surface area contributed by atoms with Gasteiger partial charge >= 0.3 is 0 Å². The monoisotopic (exact) mass is 362 g/mol. The van der Waals surface area contributed by atoms with Crippen LogP contribution >= 0.6 is 24.0 Å². The summed E-state index contributed by atoms with van der Waals surface area (Å²) in [7, 11) is 1.40. The third kappa shape index (κ3) is 5.37. The van der Waals surface area contributed by atoms with Crippen LogP contribution in [0.5, 0.6) is 0 Å². The number of anilines is 1. The van der Waals surface area contributed by atoms with Crippen molar-refractivity contribution in [3.63, 3.8) is 0 Å². The van der Waals surface area contributed by atoms with Crippen LogP contribution in [0.3, 0.4) is 0 Å². The van der Waals surface area contributed by atoms with Gasteiger partial charge in [-0.15, -0.1) is 24.0 Å². The normalized spacial score (nSPS) is 13.0. The predicted octanol–water partition coefficient (Wildman–Crippen LogP) is 1.77. The summed E-state index contributed by atoms with van der Waals surface area (Å²) in [6.45, 7) is 3.42. The third-order valence-electron chi connectivity index (χ3n) is 3.33. The minimum atomic E-state index is -1.02. The van der Waals surface area contributed by atoms with Crippen LogP contribution in [0.1, 0.15) is 36.3 Å². The fourth-order valence-electron chi connectivity index (χ4n) is 1.65. The molecule has 0 spiro atoms. The largest absolute Gasteiger partial charge is 0.399 e. The van der Waals surface area contributed by atoms with Crippen LogP contribution in [-0.4, -0.2) is 41.4 Å². The Morgan fingerprint density at radius 3 is 2.70 bits per heavy atom. The molecule has 0 aromatic carbocycles. The summed E-state index contributed by atoms with van der Waals surface area (Å²) in [5, 5.41) is 6.23. The second-order valence-electron chi connectivity index (χ2n) is 4.81. The number of nitrogen functional groups attached to an aromatic ring is 1. The molecule has 0 saturated heterocycles. The van der Waals surface area contributed by atoms with E-state index in [-0.39, 0.29) is 35.3 Å². The maximum absolute atomic E-state index is 12.3. The summed E-state index contributed by atoms with van der Waals surface area (Å²) < 4.78 is 0. The van der Waals surface area contributed by atoms with Gasteiger partial charge in [0, 0.05) is 6.20 Å². The Balaban J connectivity index is 0.00000484. The number of pyridine rings is 1. The second kappa shape index (κ2) is 9.32. The Labute approximate surface area is 146 Å². The number of aromatic nitrogens is 1. The van der Waals surface area contributed by atoms with Gasteiger partial charge in [0.05, 0.1) is 28.9 Å². The summed E-state index contributed by atoms with van der Waals surface area (Å²) in [6, 6.07) is 1.46. The fourth-order valence-corrected chi connectivity index (χ4v) is 1.95. The molecule has 0 bridgehead atoms. The number of ketones is 1. The number of amides is 1. The molecular weight excluding hydrogens is 343 g/mol. The predicted molar refractivity (Wildman–Crippen MR) is 92.4 cm³/mol. The van der Waals surface area contributed by atoms with Crippen molar-refractivity contribution < 1.29 is 14.4 Å². The molecule has 0 aliphatic carbocycles. The minimum Gasteiger partial charge on any atom is -0.399 e. The highest BCUT2D eigenvalue weighted by atomic mass is 35.5. The number of nitrogens with one attached hydrogen (secondary N) is 1. The van der Waals surface area contributed by atoms with Crippen molar-refractivity contribution in [2.24, 2.45) is 5.16 Å². The summed E-state index contributed by atoms with van der Waals surface area (Å²) in [6.07, 6.45) is 3.11. The number of carbonyl (C=O) groups is 2. The van der Waals surface area contributed by atoms with Gasteiger partial charge in [-0.05, 0) is 19.4 Å². The summed E-state index contributed by atoms with van der Waals surface area (Å²) in [5.74, 6) is -0.871. The van der Waals surface area contributed by atoms with Gasteiger partial charge in [0.1, 0.15) is 12.8 Å². The first-order valence-corrected chi connectivity index (χ1v) is 7.15. The van der Waals surface area contributed by atoms with Crippen molar-refractivity contribution in [2.75, 3.05) is 18.7 Å².